The van der Waals surface area contributed by atoms with Gasteiger partial charge in [-0.1, -0.05) is 56.0 Å². The lowest BCUT2D eigenvalue weighted by Crippen LogP contribution is -2.36. The van der Waals surface area contributed by atoms with Crippen LogP contribution in [0.2, 0.25) is 0 Å². The normalized spacial score (nSPS) is 22.3. The number of nitrogens with zero attached hydrogens (tertiary/aromatic N) is 1. The molecule has 0 spiro atoms. The maximum Gasteiger partial charge on any atom is 0.307 e. The van der Waals surface area contributed by atoms with Gasteiger partial charge in [-0.3, -0.25) is 14.4 Å². The molecular weight excluding hydrogens is 494 g/mol. The Morgan fingerprint density at radius 2 is 1.83 bits per heavy atom. The number of carbonyl (C=O) groups excluding carboxylic acids is 2. The van der Waals surface area contributed by atoms with E-state index in [0.717, 1.165) is 32.2 Å². The zero-order valence-corrected chi connectivity index (χ0v) is 21.6. The topological polar surface area (TPSA) is 108 Å². The van der Waals surface area contributed by atoms with Crippen LogP contribution in [0.1, 0.15) is 31.7 Å². The highest BCUT2D eigenvalue weighted by Gasteiger charge is 2.51. The number of carbonyl (C=O) groups is 3. The average molecular weight is 522 g/mol. The van der Waals surface area contributed by atoms with Crippen molar-refractivity contribution in [3.8, 4) is 0 Å². The van der Waals surface area contributed by atoms with Crippen molar-refractivity contribution >= 4 is 62.5 Å². The number of fused-ring (bicyclic) bond motifs is 3. The smallest absolute Gasteiger partial charge is 0.307 e. The second kappa shape index (κ2) is 10.1. The van der Waals surface area contributed by atoms with Crippen molar-refractivity contribution in [1.82, 2.24) is 4.98 Å². The van der Waals surface area contributed by atoms with Crippen molar-refractivity contribution in [3.05, 3.63) is 60.2 Å². The fourth-order valence-corrected chi connectivity index (χ4v) is 7.12. The molecule has 0 radical (unpaired) electrons. The van der Waals surface area contributed by atoms with E-state index in [-0.39, 0.29) is 29.4 Å². The highest BCUT2D eigenvalue weighted by molar-refractivity contribution is 8.01. The number of anilines is 2. The van der Waals surface area contributed by atoms with Gasteiger partial charge >= 0.3 is 5.97 Å². The summed E-state index contributed by atoms with van der Waals surface area (Å²) in [7, 11) is 0. The van der Waals surface area contributed by atoms with Gasteiger partial charge in [-0.2, -0.15) is 0 Å². The summed E-state index contributed by atoms with van der Waals surface area (Å²) in [6.07, 6.45) is 4.63. The Morgan fingerprint density at radius 1 is 1.08 bits per heavy atom. The van der Waals surface area contributed by atoms with Crippen LogP contribution in [-0.4, -0.2) is 33.6 Å². The first-order valence-corrected chi connectivity index (χ1v) is 13.7. The number of thiazole rings is 1. The fraction of sp³-hybridized carbons (Fsp3) is 0.333. The monoisotopic (exact) mass is 521 g/mol. The van der Waals surface area contributed by atoms with Crippen LogP contribution in [0.15, 0.2) is 59.0 Å². The predicted octanol–water partition coefficient (Wildman–Crippen LogP) is 5.61. The van der Waals surface area contributed by atoms with E-state index in [0.29, 0.717) is 11.6 Å². The number of hydrogen-bond acceptors (Lipinski definition) is 6. The van der Waals surface area contributed by atoms with Crippen LogP contribution in [0.5, 0.6) is 0 Å². The highest BCUT2D eigenvalue weighted by Crippen LogP contribution is 2.48. The van der Waals surface area contributed by atoms with Crippen molar-refractivity contribution < 1.29 is 19.5 Å². The second-order valence-electron chi connectivity index (χ2n) is 9.57. The van der Waals surface area contributed by atoms with E-state index in [2.05, 4.69) is 29.5 Å². The molecule has 0 aliphatic heterocycles. The van der Waals surface area contributed by atoms with E-state index >= 15 is 0 Å². The van der Waals surface area contributed by atoms with Gasteiger partial charge in [0.25, 0.3) is 0 Å². The van der Waals surface area contributed by atoms with E-state index in [1.807, 2.05) is 48.6 Å². The summed E-state index contributed by atoms with van der Waals surface area (Å²) in [6, 6.07) is 13.3. The number of aromatic nitrogens is 1. The zero-order valence-electron chi connectivity index (χ0n) is 19.9. The Bertz CT molecular complexity index is 1370. The summed E-state index contributed by atoms with van der Waals surface area (Å²) in [6.45, 7) is 4.19. The Kier molecular flexibility index (Phi) is 6.85. The summed E-state index contributed by atoms with van der Waals surface area (Å²) in [4.78, 5) is 41.9. The summed E-state index contributed by atoms with van der Waals surface area (Å²) in [5.41, 5.74) is 3.34. The zero-order chi connectivity index (χ0) is 25.4. The predicted molar refractivity (Wildman–Crippen MR) is 143 cm³/mol. The summed E-state index contributed by atoms with van der Waals surface area (Å²) in [5.74, 6) is -2.03. The van der Waals surface area contributed by atoms with Gasteiger partial charge in [-0.15, -0.1) is 11.3 Å². The second-order valence-corrected chi connectivity index (χ2v) is 11.8. The first kappa shape index (κ1) is 24.5. The quantitative estimate of drug-likeness (QED) is 0.263. The largest absolute Gasteiger partial charge is 0.481 e. The van der Waals surface area contributed by atoms with E-state index in [1.54, 1.807) is 6.07 Å². The van der Waals surface area contributed by atoms with Crippen LogP contribution < -0.4 is 10.6 Å². The number of nitrogens with one attached hydrogen (secondary N) is 2. The highest BCUT2D eigenvalue weighted by atomic mass is 32.2. The van der Waals surface area contributed by atoms with Gasteiger partial charge in [0.15, 0.2) is 4.34 Å². The van der Waals surface area contributed by atoms with Crippen LogP contribution in [0.25, 0.3) is 10.2 Å². The Balaban J connectivity index is 1.22. The molecule has 1 heterocycles. The van der Waals surface area contributed by atoms with Crippen molar-refractivity contribution in [1.29, 1.82) is 0 Å². The Labute approximate surface area is 217 Å². The van der Waals surface area contributed by atoms with Gasteiger partial charge in [0.1, 0.15) is 0 Å². The van der Waals surface area contributed by atoms with Gasteiger partial charge in [-0.25, -0.2) is 4.98 Å². The van der Waals surface area contributed by atoms with E-state index in [4.69, 9.17) is 0 Å². The van der Waals surface area contributed by atoms with Gasteiger partial charge < -0.3 is 15.7 Å². The maximum atomic E-state index is 13.0. The minimum Gasteiger partial charge on any atom is -0.481 e. The number of benzene rings is 2. The van der Waals surface area contributed by atoms with E-state index < -0.39 is 17.8 Å². The molecule has 9 heteroatoms. The molecule has 5 rings (SSSR count). The lowest BCUT2D eigenvalue weighted by Gasteiger charge is -2.23. The molecule has 1 saturated carbocycles. The molecule has 3 aromatic rings. The average Bonchev–Trinajstić information content (AvgIpc) is 3.57. The molecule has 0 saturated heterocycles. The molecule has 4 atom stereocenters. The molecule has 1 fully saturated rings. The molecule has 7 nitrogen and oxygen atoms in total. The minimum absolute atomic E-state index is 0.0233. The van der Waals surface area contributed by atoms with E-state index in [1.165, 1.54) is 23.1 Å². The van der Waals surface area contributed by atoms with Crippen LogP contribution in [0, 0.1) is 23.7 Å². The van der Waals surface area contributed by atoms with Crippen LogP contribution in [-0.2, 0) is 14.4 Å². The first-order valence-electron chi connectivity index (χ1n) is 11.9. The molecule has 2 bridgehead atoms. The van der Waals surface area contributed by atoms with Crippen LogP contribution >= 0.6 is 23.1 Å². The number of hydrogen-bond donors (Lipinski definition) is 3. The molecule has 2 aliphatic carbocycles. The van der Waals surface area contributed by atoms with E-state index in [9.17, 15) is 19.5 Å². The Morgan fingerprint density at radius 3 is 2.58 bits per heavy atom. The Hall–Kier alpha value is -3.17. The minimum atomic E-state index is -0.914. The third-order valence-electron chi connectivity index (χ3n) is 6.87. The third kappa shape index (κ3) is 4.90. The van der Waals surface area contributed by atoms with Crippen LogP contribution in [0.3, 0.4) is 0 Å². The number of amides is 2. The molecule has 2 aromatic carbocycles. The maximum absolute atomic E-state index is 13.0. The molecule has 3 N–H and O–H groups in total. The number of para-hydroxylation sites is 1. The summed E-state index contributed by atoms with van der Waals surface area (Å²) >= 11 is 2.83. The molecule has 2 aliphatic rings. The number of aliphatic carboxylic acids is 1. The van der Waals surface area contributed by atoms with Crippen molar-refractivity contribution in [3.63, 3.8) is 0 Å². The molecular formula is C27H27N3O4S2. The fourth-order valence-electron chi connectivity index (χ4n) is 5.21. The molecule has 2 amide bonds. The van der Waals surface area contributed by atoms with Crippen molar-refractivity contribution in [2.75, 3.05) is 16.4 Å². The lowest BCUT2D eigenvalue weighted by atomic mass is 9.82. The molecule has 186 valence electrons. The number of carboxylic acids is 1. The van der Waals surface area contributed by atoms with Crippen molar-refractivity contribution in [2.45, 2.75) is 30.5 Å². The number of rotatable bonds is 8. The third-order valence-corrected chi connectivity index (χ3v) is 9.03. The summed E-state index contributed by atoms with van der Waals surface area (Å²) < 4.78 is 1.66. The number of allylic oxidation sites excluding steroid dienone is 2. The molecule has 36 heavy (non-hydrogen) atoms. The SMILES string of the molecule is CC(C)c1ccccc1NC(=O)CSc1nc2ccc(NC(=O)[C@H]3[C@H](C(=O)O)[C@H]4C=C[C@H]3C4)cc2s1. The molecule has 0 unspecified atom stereocenters. The van der Waals surface area contributed by atoms with Gasteiger partial charge in [0, 0.05) is 11.4 Å². The van der Waals surface area contributed by atoms with Gasteiger partial charge in [-0.05, 0) is 54.0 Å². The van der Waals surface area contributed by atoms with Crippen LogP contribution in [0.4, 0.5) is 11.4 Å². The van der Waals surface area contributed by atoms with Gasteiger partial charge in [0.05, 0.1) is 27.8 Å². The number of carboxylic acid groups (broad SMARTS) is 1. The van der Waals surface area contributed by atoms with Crippen molar-refractivity contribution in [2.24, 2.45) is 23.7 Å². The standard InChI is InChI=1S/C27H27N3O4S2/c1-14(2)18-5-3-4-6-19(18)29-22(31)13-35-27-30-20-10-9-17(12-21(20)36-27)28-25(32)23-15-7-8-16(11-15)24(23)26(33)34/h3-10,12,14-16,23-24H,11,13H2,1-2H3,(H,28,32)(H,29,31)(H,33,34)/t15-,16-,23+,24+/m0/s1. The first-order chi connectivity index (χ1) is 17.3. The molecule has 1 aromatic heterocycles. The van der Waals surface area contributed by atoms with Gasteiger partial charge in [0.2, 0.25) is 11.8 Å². The lowest BCUT2D eigenvalue weighted by molar-refractivity contribution is -0.146. The number of thioether (sulfide) groups is 1. The summed E-state index contributed by atoms with van der Waals surface area (Å²) in [5, 5.41) is 15.5.